The third-order valence-corrected chi connectivity index (χ3v) is 12.7. The van der Waals surface area contributed by atoms with Crippen LogP contribution in [0, 0.1) is 0 Å². The van der Waals surface area contributed by atoms with Crippen molar-refractivity contribution in [2.45, 2.75) is 81.6 Å². The van der Waals surface area contributed by atoms with Gasteiger partial charge in [-0.25, -0.2) is 4.79 Å². The molecule has 1 atom stereocenters. The molecule has 0 amide bonds. The summed E-state index contributed by atoms with van der Waals surface area (Å²) >= 11 is 9.33. The molecular weight excluding hydrogens is 748 g/mol. The fourth-order valence-electron chi connectivity index (χ4n) is 7.26. The summed E-state index contributed by atoms with van der Waals surface area (Å²) in [5, 5.41) is 37.5. The zero-order chi connectivity index (χ0) is 38.4. The molecule has 13 heteroatoms. The fourth-order valence-corrected chi connectivity index (χ4v) is 9.23. The van der Waals surface area contributed by atoms with Crippen molar-refractivity contribution in [3.63, 3.8) is 0 Å². The van der Waals surface area contributed by atoms with Crippen LogP contribution in [0.15, 0.2) is 76.2 Å². The van der Waals surface area contributed by atoms with Crippen LogP contribution in [0.25, 0.3) is 10.9 Å². The summed E-state index contributed by atoms with van der Waals surface area (Å²) in [7, 11) is 3.60. The Labute approximate surface area is 327 Å². The maximum atomic E-state index is 13.4. The van der Waals surface area contributed by atoms with Crippen molar-refractivity contribution in [3.8, 4) is 11.5 Å². The molecular formula is C41H45ClN2O8S2. The number of nitrogens with one attached hydrogen (secondary N) is 1. The molecule has 3 heterocycles. The second-order valence-corrected chi connectivity index (χ2v) is 16.2. The van der Waals surface area contributed by atoms with Gasteiger partial charge in [0.25, 0.3) is 0 Å². The number of pyridine rings is 1. The van der Waals surface area contributed by atoms with Crippen LogP contribution in [0.3, 0.4) is 0 Å². The van der Waals surface area contributed by atoms with Crippen molar-refractivity contribution in [1.29, 1.82) is 0 Å². The maximum absolute atomic E-state index is 13.4. The minimum absolute atomic E-state index is 0.0566. The number of fused-ring (bicyclic) bond motifs is 1. The average Bonchev–Trinajstić information content (AvgIpc) is 3.92. The van der Waals surface area contributed by atoms with E-state index in [0.29, 0.717) is 87.6 Å². The Morgan fingerprint density at radius 2 is 1.72 bits per heavy atom. The number of aromatic amines is 1. The lowest BCUT2D eigenvalue weighted by Crippen LogP contribution is -2.42. The standard InChI is InChI=1S/C41H45ClN2O8S2/c1-44(27-10-12-29(13-11-27)52-40(49)41(50,36-8-4-20-53-36)37-9-5-21-54-37)19-18-28(45)22-26-24-35(51-2)25(23-32(26)42)6-3-7-33(46)30-14-16-34(47)39-31(30)15-17-38(48)43-39/h4-5,8-9,14-17,20-21,23-24,27,29,33,46-47,50H,3,6-7,10-13,18-19,22H2,1-2H3,(H,43,48)/t27?,29?,33-/m0/s1. The van der Waals surface area contributed by atoms with Crippen LogP contribution in [-0.4, -0.2) is 69.8 Å². The number of methoxy groups -OCH3 is 1. The number of rotatable bonds is 16. The van der Waals surface area contributed by atoms with Gasteiger partial charge < -0.3 is 34.7 Å². The molecule has 1 saturated carbocycles. The Morgan fingerprint density at radius 1 is 1.02 bits per heavy atom. The number of nitrogens with zero attached hydrogens (tertiary/aromatic N) is 1. The number of aliphatic hydroxyl groups excluding tert-OH is 1. The van der Waals surface area contributed by atoms with E-state index in [1.165, 1.54) is 34.8 Å². The first-order chi connectivity index (χ1) is 26.0. The number of phenolic OH excluding ortho intramolecular Hbond substituents is 1. The Morgan fingerprint density at radius 3 is 2.37 bits per heavy atom. The number of benzene rings is 2. The number of aromatic nitrogens is 1. The molecule has 4 N–H and O–H groups in total. The Balaban J connectivity index is 0.965. The molecule has 2 aromatic carbocycles. The number of halogens is 1. The monoisotopic (exact) mass is 792 g/mol. The number of aryl methyl sites for hydroxylation is 1. The van der Waals surface area contributed by atoms with E-state index in [1.807, 2.05) is 42.1 Å². The number of phenols is 1. The number of ketones is 1. The summed E-state index contributed by atoms with van der Waals surface area (Å²) in [6, 6.07) is 17.1. The number of esters is 1. The van der Waals surface area contributed by atoms with Crippen molar-refractivity contribution in [2.24, 2.45) is 0 Å². The molecule has 54 heavy (non-hydrogen) atoms. The highest BCUT2D eigenvalue weighted by molar-refractivity contribution is 7.12. The number of thiophene rings is 2. The van der Waals surface area contributed by atoms with Crippen molar-refractivity contribution >= 4 is 56.9 Å². The van der Waals surface area contributed by atoms with Crippen molar-refractivity contribution in [1.82, 2.24) is 9.88 Å². The minimum Gasteiger partial charge on any atom is -0.506 e. The van der Waals surface area contributed by atoms with E-state index in [2.05, 4.69) is 9.88 Å². The van der Waals surface area contributed by atoms with Crippen molar-refractivity contribution in [2.75, 3.05) is 20.7 Å². The van der Waals surface area contributed by atoms with E-state index in [1.54, 1.807) is 31.4 Å². The molecule has 0 saturated heterocycles. The number of hydrogen-bond acceptors (Lipinski definition) is 11. The Bertz CT molecular complexity index is 2080. The molecule has 0 unspecified atom stereocenters. The van der Waals surface area contributed by atoms with Crippen LogP contribution in [0.4, 0.5) is 0 Å². The number of hydrogen-bond donors (Lipinski definition) is 4. The molecule has 286 valence electrons. The van der Waals surface area contributed by atoms with Crippen LogP contribution in [-0.2, 0) is 32.8 Å². The molecule has 6 rings (SSSR count). The maximum Gasteiger partial charge on any atom is 0.349 e. The van der Waals surface area contributed by atoms with E-state index >= 15 is 0 Å². The van der Waals surface area contributed by atoms with E-state index in [0.717, 1.165) is 18.4 Å². The van der Waals surface area contributed by atoms with Gasteiger partial charge in [-0.2, -0.15) is 0 Å². The second kappa shape index (κ2) is 17.6. The largest absolute Gasteiger partial charge is 0.506 e. The molecule has 0 bridgehead atoms. The smallest absolute Gasteiger partial charge is 0.349 e. The summed E-state index contributed by atoms with van der Waals surface area (Å²) in [4.78, 5) is 44.2. The lowest BCUT2D eigenvalue weighted by molar-refractivity contribution is -0.169. The SMILES string of the molecule is COc1cc(CC(=O)CCN(C)C2CCC(OC(=O)C(O)(c3cccs3)c3cccs3)CC2)c(Cl)cc1CCC[C@H](O)c1ccc(O)c2[nH]c(=O)ccc12. The van der Waals surface area contributed by atoms with Crippen LogP contribution < -0.4 is 10.3 Å². The second-order valence-electron chi connectivity index (χ2n) is 13.9. The van der Waals surface area contributed by atoms with E-state index in [9.17, 15) is 29.7 Å². The first-order valence-corrected chi connectivity index (χ1v) is 20.2. The van der Waals surface area contributed by atoms with Crippen LogP contribution in [0.1, 0.15) is 77.5 Å². The lowest BCUT2D eigenvalue weighted by atomic mass is 9.91. The van der Waals surface area contributed by atoms with Crippen LogP contribution in [0.2, 0.25) is 5.02 Å². The Kier molecular flexibility index (Phi) is 12.9. The molecule has 5 aromatic rings. The van der Waals surface area contributed by atoms with E-state index in [-0.39, 0.29) is 35.7 Å². The van der Waals surface area contributed by atoms with Crippen molar-refractivity contribution in [3.05, 3.63) is 113 Å². The molecule has 1 fully saturated rings. The Hall–Kier alpha value is -4.04. The van der Waals surface area contributed by atoms with Gasteiger partial charge >= 0.3 is 5.97 Å². The molecule has 1 aliphatic rings. The van der Waals surface area contributed by atoms with E-state index in [4.69, 9.17) is 21.1 Å². The number of Topliss-reactive ketones (excluding diaryl/α,β-unsaturated/α-hetero) is 1. The molecule has 0 aliphatic heterocycles. The number of carbonyl (C=O) groups is 2. The highest BCUT2D eigenvalue weighted by Gasteiger charge is 2.45. The average molecular weight is 793 g/mol. The molecule has 0 spiro atoms. The van der Waals surface area contributed by atoms with Gasteiger partial charge in [0, 0.05) is 41.9 Å². The van der Waals surface area contributed by atoms with Gasteiger partial charge in [-0.1, -0.05) is 29.8 Å². The van der Waals surface area contributed by atoms with Gasteiger partial charge in [0.05, 0.1) is 28.5 Å². The first kappa shape index (κ1) is 39.6. The summed E-state index contributed by atoms with van der Waals surface area (Å²) in [6.07, 6.45) is 4.03. The predicted octanol–water partition coefficient (Wildman–Crippen LogP) is 7.30. The summed E-state index contributed by atoms with van der Waals surface area (Å²) in [6.45, 7) is 0.589. The normalized spacial score (nSPS) is 16.8. The highest BCUT2D eigenvalue weighted by atomic mass is 35.5. The van der Waals surface area contributed by atoms with Crippen LogP contribution in [0.5, 0.6) is 11.5 Å². The number of aromatic hydroxyl groups is 1. The first-order valence-electron chi connectivity index (χ1n) is 18.1. The van der Waals surface area contributed by atoms with Crippen LogP contribution >= 0.6 is 34.3 Å². The van der Waals surface area contributed by atoms with Crippen molar-refractivity contribution < 1.29 is 34.4 Å². The summed E-state index contributed by atoms with van der Waals surface area (Å²) in [5.74, 6) is -0.00743. The number of carbonyl (C=O) groups excluding carboxylic acids is 2. The quantitative estimate of drug-likeness (QED) is 0.0756. The number of H-pyrrole nitrogens is 1. The minimum atomic E-state index is -1.82. The highest BCUT2D eigenvalue weighted by Crippen LogP contribution is 2.38. The number of ether oxygens (including phenoxy) is 2. The molecule has 10 nitrogen and oxygen atoms in total. The van der Waals surface area contributed by atoms with Gasteiger partial charge in [0.1, 0.15) is 23.4 Å². The van der Waals surface area contributed by atoms with Gasteiger partial charge in [-0.05, 0) is 116 Å². The van der Waals surface area contributed by atoms with Gasteiger partial charge in [-0.3, -0.25) is 9.59 Å². The molecule has 1 aliphatic carbocycles. The van der Waals surface area contributed by atoms with Gasteiger partial charge in [-0.15, -0.1) is 22.7 Å². The fraction of sp³-hybridized carbons (Fsp3) is 0.390. The predicted molar refractivity (Wildman–Crippen MR) is 212 cm³/mol. The zero-order valence-electron chi connectivity index (χ0n) is 30.3. The zero-order valence-corrected chi connectivity index (χ0v) is 32.6. The van der Waals surface area contributed by atoms with Gasteiger partial charge in [0.15, 0.2) is 0 Å². The lowest BCUT2D eigenvalue weighted by Gasteiger charge is -2.35. The third kappa shape index (κ3) is 8.91. The van der Waals surface area contributed by atoms with Gasteiger partial charge in [0.2, 0.25) is 11.2 Å². The summed E-state index contributed by atoms with van der Waals surface area (Å²) in [5.41, 5.74) is 0.326. The molecule has 0 radical (unpaired) electrons. The third-order valence-electron chi connectivity index (χ3n) is 10.4. The number of aliphatic hydroxyl groups is 2. The molecule has 3 aromatic heterocycles. The topological polar surface area (TPSA) is 149 Å². The summed E-state index contributed by atoms with van der Waals surface area (Å²) < 4.78 is 11.6. The van der Waals surface area contributed by atoms with E-state index < -0.39 is 17.7 Å².